The van der Waals surface area contributed by atoms with Crippen molar-refractivity contribution in [3.63, 3.8) is 0 Å². The molecule has 1 amide bonds. The molecule has 1 aromatic carbocycles. The van der Waals surface area contributed by atoms with Crippen molar-refractivity contribution in [2.45, 2.75) is 44.7 Å². The number of anilines is 1. The van der Waals surface area contributed by atoms with Crippen LogP contribution in [0.3, 0.4) is 0 Å². The van der Waals surface area contributed by atoms with Gasteiger partial charge in [0.05, 0.1) is 16.3 Å². The van der Waals surface area contributed by atoms with Crippen molar-refractivity contribution in [2.24, 2.45) is 0 Å². The number of carbonyl (C=O) groups is 1. The number of rotatable bonds is 6. The van der Waals surface area contributed by atoms with Gasteiger partial charge in [0.1, 0.15) is 6.04 Å². The van der Waals surface area contributed by atoms with E-state index in [0.717, 1.165) is 0 Å². The van der Waals surface area contributed by atoms with Gasteiger partial charge in [-0.15, -0.1) is 0 Å². The third-order valence-corrected chi connectivity index (χ3v) is 4.58. The van der Waals surface area contributed by atoms with E-state index in [0.29, 0.717) is 5.69 Å². The monoisotopic (exact) mass is 298 g/mol. The number of para-hydroxylation sites is 1. The summed E-state index contributed by atoms with van der Waals surface area (Å²) in [5, 5.41) is 5.75. The van der Waals surface area contributed by atoms with Crippen LogP contribution in [0, 0.1) is 0 Å². The summed E-state index contributed by atoms with van der Waals surface area (Å²) in [4.78, 5) is 12.1. The Hall–Kier alpha value is -1.56. The highest BCUT2D eigenvalue weighted by Gasteiger charge is 2.19. The molecule has 2 N–H and O–H groups in total. The third-order valence-electron chi connectivity index (χ3n) is 2.80. The molecule has 0 aromatic heterocycles. The van der Waals surface area contributed by atoms with Crippen LogP contribution in [-0.4, -0.2) is 32.2 Å². The van der Waals surface area contributed by atoms with Crippen molar-refractivity contribution in [1.82, 2.24) is 5.32 Å². The Morgan fingerprint density at radius 3 is 2.35 bits per heavy atom. The van der Waals surface area contributed by atoms with Gasteiger partial charge in [-0.05, 0) is 32.9 Å². The maximum atomic E-state index is 12.0. The van der Waals surface area contributed by atoms with Crippen LogP contribution in [0.1, 0.15) is 27.7 Å². The molecule has 0 saturated heterocycles. The van der Waals surface area contributed by atoms with Crippen LogP contribution >= 0.6 is 0 Å². The zero-order valence-corrected chi connectivity index (χ0v) is 13.1. The molecule has 1 rings (SSSR count). The molecule has 0 aliphatic rings. The summed E-state index contributed by atoms with van der Waals surface area (Å²) in [5.41, 5.74) is 0.459. The second-order valence-electron chi connectivity index (χ2n) is 4.93. The number of sulfone groups is 1. The van der Waals surface area contributed by atoms with Gasteiger partial charge in [0.15, 0.2) is 9.84 Å². The van der Waals surface area contributed by atoms with Crippen LogP contribution in [-0.2, 0) is 14.6 Å². The average Bonchev–Trinajstić information content (AvgIpc) is 2.38. The summed E-state index contributed by atoms with van der Waals surface area (Å²) < 4.78 is 24.0. The van der Waals surface area contributed by atoms with Crippen molar-refractivity contribution in [1.29, 1.82) is 0 Å². The van der Waals surface area contributed by atoms with E-state index in [2.05, 4.69) is 10.6 Å². The predicted molar refractivity (Wildman–Crippen MR) is 80.5 cm³/mol. The van der Waals surface area contributed by atoms with Gasteiger partial charge in [-0.2, -0.15) is 0 Å². The molecular weight excluding hydrogens is 276 g/mol. The fourth-order valence-electron chi connectivity index (χ4n) is 1.72. The van der Waals surface area contributed by atoms with E-state index in [-0.39, 0.29) is 22.6 Å². The third kappa shape index (κ3) is 4.23. The molecular formula is C14H22N2O3S. The molecule has 20 heavy (non-hydrogen) atoms. The SMILES string of the molecule is CCS(=O)(=O)c1ccccc1NC(C)C(=O)NC(C)C. The quantitative estimate of drug-likeness (QED) is 0.840. The molecule has 0 spiro atoms. The fourth-order valence-corrected chi connectivity index (χ4v) is 2.78. The average molecular weight is 298 g/mol. The molecule has 0 fully saturated rings. The minimum absolute atomic E-state index is 0.0261. The maximum Gasteiger partial charge on any atom is 0.242 e. The molecule has 112 valence electrons. The largest absolute Gasteiger partial charge is 0.373 e. The molecule has 0 heterocycles. The van der Waals surface area contributed by atoms with Crippen LogP contribution in [0.25, 0.3) is 0 Å². The van der Waals surface area contributed by atoms with Crippen molar-refractivity contribution >= 4 is 21.4 Å². The Morgan fingerprint density at radius 1 is 1.20 bits per heavy atom. The molecule has 0 radical (unpaired) electrons. The van der Waals surface area contributed by atoms with E-state index in [1.165, 1.54) is 0 Å². The van der Waals surface area contributed by atoms with Crippen LogP contribution < -0.4 is 10.6 Å². The first-order chi connectivity index (χ1) is 9.27. The lowest BCUT2D eigenvalue weighted by atomic mass is 10.2. The minimum atomic E-state index is -3.32. The van der Waals surface area contributed by atoms with E-state index in [9.17, 15) is 13.2 Å². The zero-order chi connectivity index (χ0) is 15.3. The summed E-state index contributed by atoms with van der Waals surface area (Å²) >= 11 is 0. The van der Waals surface area contributed by atoms with Crippen LogP contribution in [0.15, 0.2) is 29.2 Å². The smallest absolute Gasteiger partial charge is 0.242 e. The van der Waals surface area contributed by atoms with Crippen molar-refractivity contribution in [2.75, 3.05) is 11.1 Å². The summed E-state index contributed by atoms with van der Waals surface area (Å²) in [7, 11) is -3.32. The van der Waals surface area contributed by atoms with Crippen LogP contribution in [0.2, 0.25) is 0 Å². The molecule has 1 atom stereocenters. The second kappa shape index (κ2) is 6.74. The molecule has 0 aliphatic carbocycles. The van der Waals surface area contributed by atoms with Crippen molar-refractivity contribution < 1.29 is 13.2 Å². The molecule has 0 aliphatic heterocycles. The van der Waals surface area contributed by atoms with E-state index >= 15 is 0 Å². The zero-order valence-electron chi connectivity index (χ0n) is 12.3. The number of hydrogen-bond acceptors (Lipinski definition) is 4. The molecule has 0 saturated carbocycles. The number of hydrogen-bond donors (Lipinski definition) is 2. The molecule has 6 heteroatoms. The first-order valence-electron chi connectivity index (χ1n) is 6.66. The Bertz CT molecular complexity index is 568. The standard InChI is InChI=1S/C14H22N2O3S/c1-5-20(18,19)13-9-7-6-8-12(13)16-11(4)14(17)15-10(2)3/h6-11,16H,5H2,1-4H3,(H,15,17). The van der Waals surface area contributed by atoms with Gasteiger partial charge in [-0.1, -0.05) is 19.1 Å². The summed E-state index contributed by atoms with van der Waals surface area (Å²) in [6.07, 6.45) is 0. The maximum absolute atomic E-state index is 12.0. The van der Waals surface area contributed by atoms with Crippen LogP contribution in [0.5, 0.6) is 0 Å². The Labute approximate surface area is 120 Å². The van der Waals surface area contributed by atoms with Gasteiger partial charge < -0.3 is 10.6 Å². The number of nitrogens with one attached hydrogen (secondary N) is 2. The van der Waals surface area contributed by atoms with E-state index < -0.39 is 15.9 Å². The number of benzene rings is 1. The molecule has 5 nitrogen and oxygen atoms in total. The first-order valence-corrected chi connectivity index (χ1v) is 8.32. The predicted octanol–water partition coefficient (Wildman–Crippen LogP) is 1.81. The highest BCUT2D eigenvalue weighted by atomic mass is 32.2. The lowest BCUT2D eigenvalue weighted by Gasteiger charge is -2.19. The Balaban J connectivity index is 2.96. The fraction of sp³-hybridized carbons (Fsp3) is 0.500. The van der Waals surface area contributed by atoms with Gasteiger partial charge in [-0.25, -0.2) is 8.42 Å². The molecule has 1 unspecified atom stereocenters. The topological polar surface area (TPSA) is 75.3 Å². The van der Waals surface area contributed by atoms with Gasteiger partial charge in [0, 0.05) is 6.04 Å². The van der Waals surface area contributed by atoms with Crippen molar-refractivity contribution in [3.8, 4) is 0 Å². The second-order valence-corrected chi connectivity index (χ2v) is 7.18. The highest BCUT2D eigenvalue weighted by molar-refractivity contribution is 7.91. The minimum Gasteiger partial charge on any atom is -0.373 e. The normalized spacial score (nSPS) is 13.1. The Kier molecular flexibility index (Phi) is 5.56. The van der Waals surface area contributed by atoms with E-state index in [1.807, 2.05) is 13.8 Å². The lowest BCUT2D eigenvalue weighted by Crippen LogP contribution is -2.41. The molecule has 1 aromatic rings. The summed E-state index contributed by atoms with van der Waals surface area (Å²) in [6, 6.07) is 6.17. The van der Waals surface area contributed by atoms with Gasteiger partial charge >= 0.3 is 0 Å². The van der Waals surface area contributed by atoms with E-state index in [4.69, 9.17) is 0 Å². The lowest BCUT2D eigenvalue weighted by molar-refractivity contribution is -0.122. The van der Waals surface area contributed by atoms with E-state index in [1.54, 1.807) is 38.1 Å². The molecule has 0 bridgehead atoms. The highest BCUT2D eigenvalue weighted by Crippen LogP contribution is 2.22. The van der Waals surface area contributed by atoms with Gasteiger partial charge in [0.25, 0.3) is 0 Å². The van der Waals surface area contributed by atoms with Gasteiger partial charge in [-0.3, -0.25) is 4.79 Å². The van der Waals surface area contributed by atoms with Gasteiger partial charge in [0.2, 0.25) is 5.91 Å². The Morgan fingerprint density at radius 2 is 1.80 bits per heavy atom. The van der Waals surface area contributed by atoms with Crippen molar-refractivity contribution in [3.05, 3.63) is 24.3 Å². The number of amides is 1. The number of carbonyl (C=O) groups excluding carboxylic acids is 1. The first kappa shape index (κ1) is 16.5. The van der Waals surface area contributed by atoms with Crippen LogP contribution in [0.4, 0.5) is 5.69 Å². The summed E-state index contributed by atoms with van der Waals surface area (Å²) in [6.45, 7) is 7.05. The summed E-state index contributed by atoms with van der Waals surface area (Å²) in [5.74, 6) is -0.137.